The topological polar surface area (TPSA) is 68.0 Å². The van der Waals surface area contributed by atoms with Crippen LogP contribution in [0.1, 0.15) is 24.6 Å². The van der Waals surface area contributed by atoms with Crippen LogP contribution >= 0.6 is 11.6 Å². The van der Waals surface area contributed by atoms with E-state index < -0.39 is 0 Å². The van der Waals surface area contributed by atoms with Crippen LogP contribution in [0, 0.1) is 0 Å². The minimum atomic E-state index is 0.401. The Morgan fingerprint density at radius 1 is 1.25 bits per heavy atom. The number of hydrogen-bond acceptors (Lipinski definition) is 5. The van der Waals surface area contributed by atoms with Crippen molar-refractivity contribution in [2.24, 2.45) is 0 Å². The fourth-order valence-electron chi connectivity index (χ4n) is 2.13. The first-order valence-electron chi connectivity index (χ1n) is 6.41. The van der Waals surface area contributed by atoms with Crippen LogP contribution in [0.5, 0.6) is 0 Å². The van der Waals surface area contributed by atoms with E-state index in [-0.39, 0.29) is 0 Å². The molecule has 0 unspecified atom stereocenters. The van der Waals surface area contributed by atoms with Crippen molar-refractivity contribution in [2.45, 2.75) is 18.8 Å². The third kappa shape index (κ3) is 1.98. The number of pyridine rings is 1. The van der Waals surface area contributed by atoms with Gasteiger partial charge in [-0.25, -0.2) is 4.98 Å². The Kier molecular flexibility index (Phi) is 2.56. The van der Waals surface area contributed by atoms with Crippen molar-refractivity contribution in [3.63, 3.8) is 0 Å². The van der Waals surface area contributed by atoms with Crippen molar-refractivity contribution < 1.29 is 0 Å². The number of rotatable bonds is 3. The van der Waals surface area contributed by atoms with Crippen molar-refractivity contribution in [2.75, 3.05) is 5.32 Å². The van der Waals surface area contributed by atoms with E-state index in [9.17, 15) is 0 Å². The molecule has 0 aliphatic heterocycles. The Hall–Kier alpha value is -2.21. The molecule has 20 heavy (non-hydrogen) atoms. The normalized spacial score (nSPS) is 14.7. The number of nitrogens with zero attached hydrogens (tertiary/aromatic N) is 5. The molecule has 1 N–H and O–H groups in total. The third-order valence-electron chi connectivity index (χ3n) is 3.23. The standard InChI is InChI=1S/C13H11ClN6/c14-10-7-9(16-11-3-1-2-6-15-11)13-18-17-12(8-4-5-8)20(13)19-10/h1-3,6-8H,4-5H2,(H,15,16). The molecule has 1 aliphatic carbocycles. The summed E-state index contributed by atoms with van der Waals surface area (Å²) in [6.45, 7) is 0. The SMILES string of the molecule is Clc1cc(Nc2ccccn2)c2nnc(C3CC3)n2n1. The minimum Gasteiger partial charge on any atom is -0.337 e. The molecule has 0 bridgehead atoms. The van der Waals surface area contributed by atoms with E-state index in [0.717, 1.165) is 30.2 Å². The second-order valence-electron chi connectivity index (χ2n) is 4.79. The number of aromatic nitrogens is 5. The molecular formula is C13H11ClN6. The van der Waals surface area contributed by atoms with Crippen LogP contribution in [0.25, 0.3) is 5.65 Å². The fraction of sp³-hybridized carbons (Fsp3) is 0.231. The van der Waals surface area contributed by atoms with Crippen molar-refractivity contribution in [3.8, 4) is 0 Å². The first kappa shape index (κ1) is 11.6. The molecule has 0 radical (unpaired) electrons. The lowest BCUT2D eigenvalue weighted by Crippen LogP contribution is -2.02. The van der Waals surface area contributed by atoms with E-state index in [0.29, 0.717) is 16.7 Å². The first-order chi connectivity index (χ1) is 9.81. The van der Waals surface area contributed by atoms with Crippen molar-refractivity contribution in [1.29, 1.82) is 0 Å². The van der Waals surface area contributed by atoms with Gasteiger partial charge in [0.05, 0.1) is 5.69 Å². The second kappa shape index (κ2) is 4.42. The Labute approximate surface area is 119 Å². The van der Waals surface area contributed by atoms with Gasteiger partial charge in [-0.15, -0.1) is 10.2 Å². The highest BCUT2D eigenvalue weighted by molar-refractivity contribution is 6.29. The molecule has 100 valence electrons. The number of anilines is 2. The summed E-state index contributed by atoms with van der Waals surface area (Å²) in [7, 11) is 0. The van der Waals surface area contributed by atoms with E-state index in [1.807, 2.05) is 18.2 Å². The zero-order chi connectivity index (χ0) is 13.5. The monoisotopic (exact) mass is 286 g/mol. The predicted molar refractivity (Wildman–Crippen MR) is 75.3 cm³/mol. The maximum atomic E-state index is 6.10. The average molecular weight is 287 g/mol. The van der Waals surface area contributed by atoms with Gasteiger partial charge in [-0.2, -0.15) is 9.61 Å². The molecule has 3 aromatic heterocycles. The molecule has 0 atom stereocenters. The summed E-state index contributed by atoms with van der Waals surface area (Å²) >= 11 is 6.10. The van der Waals surface area contributed by atoms with Gasteiger partial charge in [-0.3, -0.25) is 0 Å². The fourth-order valence-corrected chi connectivity index (χ4v) is 2.31. The lowest BCUT2D eigenvalue weighted by atomic mass is 10.4. The summed E-state index contributed by atoms with van der Waals surface area (Å²) in [5.41, 5.74) is 1.42. The zero-order valence-electron chi connectivity index (χ0n) is 10.5. The highest BCUT2D eigenvalue weighted by Gasteiger charge is 2.30. The smallest absolute Gasteiger partial charge is 0.201 e. The molecule has 6 nitrogen and oxygen atoms in total. The molecule has 1 saturated carbocycles. The molecule has 0 saturated heterocycles. The summed E-state index contributed by atoms with van der Waals surface area (Å²) in [6.07, 6.45) is 4.00. The largest absolute Gasteiger partial charge is 0.337 e. The average Bonchev–Trinajstić information content (AvgIpc) is 3.20. The quantitative estimate of drug-likeness (QED) is 0.802. The minimum absolute atomic E-state index is 0.401. The molecule has 7 heteroatoms. The Balaban J connectivity index is 1.82. The van der Waals surface area contributed by atoms with E-state index in [4.69, 9.17) is 11.6 Å². The Morgan fingerprint density at radius 2 is 2.15 bits per heavy atom. The zero-order valence-corrected chi connectivity index (χ0v) is 11.2. The van der Waals surface area contributed by atoms with Crippen LogP contribution in [-0.4, -0.2) is 24.8 Å². The van der Waals surface area contributed by atoms with Gasteiger partial charge in [0.15, 0.2) is 11.0 Å². The van der Waals surface area contributed by atoms with Crippen LogP contribution in [0.2, 0.25) is 5.15 Å². The number of halogens is 1. The van der Waals surface area contributed by atoms with E-state index in [1.54, 1.807) is 16.8 Å². The summed E-state index contributed by atoms with van der Waals surface area (Å²) in [6, 6.07) is 7.39. The van der Waals surface area contributed by atoms with Gasteiger partial charge >= 0.3 is 0 Å². The summed E-state index contributed by atoms with van der Waals surface area (Å²) in [5.74, 6) is 2.07. The highest BCUT2D eigenvalue weighted by atomic mass is 35.5. The number of nitrogens with one attached hydrogen (secondary N) is 1. The Bertz CT molecular complexity index is 765. The van der Waals surface area contributed by atoms with Gasteiger partial charge in [-0.05, 0) is 25.0 Å². The maximum Gasteiger partial charge on any atom is 0.201 e. The second-order valence-corrected chi connectivity index (χ2v) is 5.18. The number of fused-ring (bicyclic) bond motifs is 1. The lowest BCUT2D eigenvalue weighted by molar-refractivity contribution is 0.815. The van der Waals surface area contributed by atoms with Crippen molar-refractivity contribution in [1.82, 2.24) is 24.8 Å². The Morgan fingerprint density at radius 3 is 2.90 bits per heavy atom. The van der Waals surface area contributed by atoms with E-state index in [1.165, 1.54) is 0 Å². The molecule has 0 spiro atoms. The van der Waals surface area contributed by atoms with Gasteiger partial charge in [0.25, 0.3) is 0 Å². The van der Waals surface area contributed by atoms with Gasteiger partial charge in [0.2, 0.25) is 5.65 Å². The van der Waals surface area contributed by atoms with Crippen molar-refractivity contribution >= 4 is 28.8 Å². The molecule has 0 aromatic carbocycles. The van der Waals surface area contributed by atoms with Crippen molar-refractivity contribution in [3.05, 3.63) is 41.4 Å². The first-order valence-corrected chi connectivity index (χ1v) is 6.79. The molecule has 0 amide bonds. The van der Waals surface area contributed by atoms with Crippen LogP contribution < -0.4 is 5.32 Å². The van der Waals surface area contributed by atoms with Crippen LogP contribution in [0.3, 0.4) is 0 Å². The molecular weight excluding hydrogens is 276 g/mol. The summed E-state index contributed by atoms with van der Waals surface area (Å²) in [4.78, 5) is 4.23. The van der Waals surface area contributed by atoms with Gasteiger partial charge in [-0.1, -0.05) is 17.7 Å². The van der Waals surface area contributed by atoms with E-state index >= 15 is 0 Å². The summed E-state index contributed by atoms with van der Waals surface area (Å²) < 4.78 is 1.73. The van der Waals surface area contributed by atoms with Crippen LogP contribution in [-0.2, 0) is 0 Å². The summed E-state index contributed by atoms with van der Waals surface area (Å²) in [5, 5.41) is 16.3. The van der Waals surface area contributed by atoms with Crippen LogP contribution in [0.15, 0.2) is 30.5 Å². The molecule has 3 aromatic rings. The van der Waals surface area contributed by atoms with Gasteiger partial charge in [0, 0.05) is 18.2 Å². The number of hydrogen-bond donors (Lipinski definition) is 1. The lowest BCUT2D eigenvalue weighted by Gasteiger charge is -2.07. The molecule has 1 fully saturated rings. The maximum absolute atomic E-state index is 6.10. The third-order valence-corrected chi connectivity index (χ3v) is 3.42. The highest BCUT2D eigenvalue weighted by Crippen LogP contribution is 2.39. The predicted octanol–water partition coefficient (Wildman–Crippen LogP) is 2.79. The molecule has 1 aliphatic rings. The molecule has 4 rings (SSSR count). The van der Waals surface area contributed by atoms with Crippen LogP contribution in [0.4, 0.5) is 11.5 Å². The van der Waals surface area contributed by atoms with Gasteiger partial charge in [0.1, 0.15) is 5.82 Å². The van der Waals surface area contributed by atoms with Gasteiger partial charge < -0.3 is 5.32 Å². The van der Waals surface area contributed by atoms with E-state index in [2.05, 4.69) is 25.6 Å². The molecule has 3 heterocycles.